The van der Waals surface area contributed by atoms with Gasteiger partial charge in [0.15, 0.2) is 0 Å². The van der Waals surface area contributed by atoms with Crippen LogP contribution in [0, 0.1) is 24.2 Å². The highest BCUT2D eigenvalue weighted by molar-refractivity contribution is 7.89. The minimum Gasteiger partial charge on any atom is -0.387 e. The van der Waals surface area contributed by atoms with Crippen molar-refractivity contribution in [2.75, 3.05) is 26.2 Å². The van der Waals surface area contributed by atoms with Gasteiger partial charge in [0.1, 0.15) is 0 Å². The molecule has 37 heavy (non-hydrogen) atoms. The van der Waals surface area contributed by atoms with Gasteiger partial charge in [0.25, 0.3) is 15.6 Å². The number of nitriles is 1. The highest BCUT2D eigenvalue weighted by atomic mass is 32.2. The van der Waals surface area contributed by atoms with Gasteiger partial charge in [-0.15, -0.1) is 0 Å². The molecule has 9 heteroatoms. The molecule has 2 N–H and O–H groups in total. The number of nitrogens with zero attached hydrogens (tertiary/aromatic N) is 3. The Morgan fingerprint density at radius 2 is 2.11 bits per heavy atom. The summed E-state index contributed by atoms with van der Waals surface area (Å²) in [5.74, 6) is 0.859. The van der Waals surface area contributed by atoms with Gasteiger partial charge in [0.2, 0.25) is 0 Å². The third kappa shape index (κ3) is 4.18. The van der Waals surface area contributed by atoms with Crippen molar-refractivity contribution in [3.8, 4) is 6.07 Å². The van der Waals surface area contributed by atoms with Gasteiger partial charge in [-0.3, -0.25) is 14.0 Å². The Hall–Kier alpha value is -3.35. The number of nitrogens with one attached hydrogen (secondary N) is 2. The van der Waals surface area contributed by atoms with Gasteiger partial charge in [0.05, 0.1) is 22.2 Å². The van der Waals surface area contributed by atoms with Crippen molar-refractivity contribution in [2.45, 2.75) is 50.0 Å². The van der Waals surface area contributed by atoms with Crippen LogP contribution in [-0.2, 0) is 10.0 Å². The van der Waals surface area contributed by atoms with E-state index in [0.717, 1.165) is 36.3 Å². The average molecular weight is 518 g/mol. The SMILES string of the molecule is Cc1c[nH]c(=O)c2cccc(S(=O)(=O)N3CCC4=C3C=C(C#N)C=C(NCCN3C[C@@H]5CC[C@H]3C5)C4)c12. The smallest absolute Gasteiger partial charge is 0.264 e. The Balaban J connectivity index is 1.27. The predicted molar refractivity (Wildman–Crippen MR) is 142 cm³/mol. The van der Waals surface area contributed by atoms with E-state index in [-0.39, 0.29) is 10.5 Å². The molecular formula is C28H31N5O3S. The largest absolute Gasteiger partial charge is 0.387 e. The van der Waals surface area contributed by atoms with Crippen LogP contribution in [-0.4, -0.2) is 54.8 Å². The minimum absolute atomic E-state index is 0.115. The molecule has 1 aromatic heterocycles. The van der Waals surface area contributed by atoms with Gasteiger partial charge in [-0.1, -0.05) is 6.07 Å². The molecule has 2 atom stereocenters. The summed E-state index contributed by atoms with van der Waals surface area (Å²) in [7, 11) is -3.95. The standard InChI is InChI=1S/C28H31N5O3S/c1-18-16-31-28(34)24-3-2-4-26(27(18)24)37(35,36)33-9-7-21-14-22(11-20(15-29)13-25(21)33)30-8-10-32-17-19-5-6-23(32)12-19/h2-4,11,13,16,19,23,30H,5-10,12,14,17H2,1H3,(H,31,34)/t19-,23+/m1/s1. The van der Waals surface area contributed by atoms with Crippen molar-refractivity contribution >= 4 is 20.8 Å². The third-order valence-electron chi connectivity index (χ3n) is 8.33. The Morgan fingerprint density at radius 1 is 1.24 bits per heavy atom. The number of piperidine rings is 1. The fourth-order valence-corrected chi connectivity index (χ4v) is 8.33. The Morgan fingerprint density at radius 3 is 2.86 bits per heavy atom. The van der Waals surface area contributed by atoms with E-state index in [1.54, 1.807) is 37.4 Å². The van der Waals surface area contributed by atoms with Crippen LogP contribution >= 0.6 is 0 Å². The Kier molecular flexibility index (Phi) is 5.97. The van der Waals surface area contributed by atoms with E-state index in [1.165, 1.54) is 30.1 Å². The maximum atomic E-state index is 14.0. The summed E-state index contributed by atoms with van der Waals surface area (Å²) >= 11 is 0. The quantitative estimate of drug-likeness (QED) is 0.609. The van der Waals surface area contributed by atoms with Crippen LogP contribution in [0.1, 0.15) is 37.7 Å². The number of likely N-dealkylation sites (tertiary alicyclic amines) is 1. The molecule has 2 aliphatic heterocycles. The number of aromatic amines is 1. The monoisotopic (exact) mass is 517 g/mol. The second kappa shape index (κ2) is 9.19. The van der Waals surface area contributed by atoms with E-state index in [9.17, 15) is 18.5 Å². The molecular weight excluding hydrogens is 486 g/mol. The molecule has 2 bridgehead atoms. The van der Waals surface area contributed by atoms with Crippen molar-refractivity contribution in [1.82, 2.24) is 19.5 Å². The van der Waals surface area contributed by atoms with Crippen molar-refractivity contribution in [3.63, 3.8) is 0 Å². The second-order valence-electron chi connectivity index (χ2n) is 10.6. The first-order valence-electron chi connectivity index (χ1n) is 13.0. The number of pyridine rings is 1. The molecule has 0 amide bonds. The summed E-state index contributed by atoms with van der Waals surface area (Å²) in [5, 5.41) is 14.1. The summed E-state index contributed by atoms with van der Waals surface area (Å²) < 4.78 is 29.3. The number of allylic oxidation sites excluding steroid dienone is 4. The van der Waals surface area contributed by atoms with Crippen molar-refractivity contribution in [3.05, 3.63) is 75.0 Å². The summed E-state index contributed by atoms with van der Waals surface area (Å²) in [4.78, 5) is 17.8. The summed E-state index contributed by atoms with van der Waals surface area (Å²) in [5.41, 5.74) is 3.33. The van der Waals surface area contributed by atoms with Gasteiger partial charge >= 0.3 is 0 Å². The van der Waals surface area contributed by atoms with Gasteiger partial charge in [0, 0.05) is 61.3 Å². The fraction of sp³-hybridized carbons (Fsp3) is 0.429. The van der Waals surface area contributed by atoms with Gasteiger partial charge in [-0.2, -0.15) is 5.26 Å². The number of hydrogen-bond donors (Lipinski definition) is 2. The van der Waals surface area contributed by atoms with E-state index in [2.05, 4.69) is 21.3 Å². The topological polar surface area (TPSA) is 109 Å². The lowest BCUT2D eigenvalue weighted by molar-refractivity contribution is 0.216. The van der Waals surface area contributed by atoms with E-state index in [4.69, 9.17) is 0 Å². The lowest BCUT2D eigenvalue weighted by Crippen LogP contribution is -2.37. The molecule has 0 radical (unpaired) electrons. The first-order chi connectivity index (χ1) is 17.8. The van der Waals surface area contributed by atoms with Crippen molar-refractivity contribution < 1.29 is 8.42 Å². The molecule has 3 heterocycles. The number of H-pyrrole nitrogens is 1. The lowest BCUT2D eigenvalue weighted by atomic mass is 10.1. The van der Waals surface area contributed by atoms with Crippen LogP contribution in [0.2, 0.25) is 0 Å². The highest BCUT2D eigenvalue weighted by Gasteiger charge is 2.37. The Labute approximate surface area is 217 Å². The maximum absolute atomic E-state index is 14.0. The van der Waals surface area contributed by atoms with Crippen LogP contribution in [0.25, 0.3) is 10.8 Å². The predicted octanol–water partition coefficient (Wildman–Crippen LogP) is 3.30. The number of aromatic nitrogens is 1. The second-order valence-corrected chi connectivity index (χ2v) is 12.4. The molecule has 6 rings (SSSR count). The first-order valence-corrected chi connectivity index (χ1v) is 14.4. The Bertz CT molecular complexity index is 1580. The van der Waals surface area contributed by atoms with Crippen LogP contribution in [0.5, 0.6) is 0 Å². The molecule has 0 spiro atoms. The van der Waals surface area contributed by atoms with E-state index in [0.29, 0.717) is 47.0 Å². The third-order valence-corrected chi connectivity index (χ3v) is 10.2. The molecule has 2 fully saturated rings. The van der Waals surface area contributed by atoms with Gasteiger partial charge in [-0.05, 0) is 73.9 Å². The minimum atomic E-state index is -3.95. The average Bonchev–Trinajstić information content (AvgIpc) is 3.59. The molecule has 4 aliphatic rings. The molecule has 2 aromatic rings. The summed E-state index contributed by atoms with van der Waals surface area (Å²) in [6.07, 6.45) is 10.3. The van der Waals surface area contributed by atoms with Gasteiger partial charge in [-0.25, -0.2) is 8.42 Å². The number of sulfonamides is 1. The zero-order chi connectivity index (χ0) is 25.7. The van der Waals surface area contributed by atoms with Crippen molar-refractivity contribution in [1.29, 1.82) is 5.26 Å². The molecule has 0 unspecified atom stereocenters. The molecule has 192 valence electrons. The van der Waals surface area contributed by atoms with Crippen LogP contribution in [0.3, 0.4) is 0 Å². The molecule has 2 aliphatic carbocycles. The van der Waals surface area contributed by atoms with Crippen LogP contribution < -0.4 is 10.9 Å². The highest BCUT2D eigenvalue weighted by Crippen LogP contribution is 2.38. The fourth-order valence-electron chi connectivity index (χ4n) is 6.54. The van der Waals surface area contributed by atoms with Gasteiger partial charge < -0.3 is 10.3 Å². The zero-order valence-corrected chi connectivity index (χ0v) is 21.8. The molecule has 1 aromatic carbocycles. The first kappa shape index (κ1) is 24.0. The zero-order valence-electron chi connectivity index (χ0n) is 21.0. The van der Waals surface area contributed by atoms with Crippen LogP contribution in [0.4, 0.5) is 0 Å². The van der Waals surface area contributed by atoms with E-state index in [1.807, 2.05) is 6.08 Å². The number of rotatable bonds is 6. The molecule has 1 saturated carbocycles. The molecule has 8 nitrogen and oxygen atoms in total. The maximum Gasteiger partial charge on any atom is 0.264 e. The molecule has 1 saturated heterocycles. The lowest BCUT2D eigenvalue weighted by Gasteiger charge is -2.27. The summed E-state index contributed by atoms with van der Waals surface area (Å²) in [6, 6.07) is 7.76. The van der Waals surface area contributed by atoms with E-state index < -0.39 is 10.0 Å². The normalized spacial score (nSPS) is 23.6. The number of aryl methyl sites for hydroxylation is 1. The van der Waals surface area contributed by atoms with Crippen molar-refractivity contribution in [2.24, 2.45) is 5.92 Å². The number of hydrogen-bond acceptors (Lipinski definition) is 6. The number of fused-ring (bicyclic) bond motifs is 3. The van der Waals surface area contributed by atoms with E-state index >= 15 is 0 Å². The summed E-state index contributed by atoms with van der Waals surface area (Å²) in [6.45, 7) is 5.08. The number of benzene rings is 1. The van der Waals surface area contributed by atoms with Crippen LogP contribution in [0.15, 0.2) is 68.8 Å².